The Kier molecular flexibility index (Phi) is 3.17. The molecule has 0 bridgehead atoms. The van der Waals surface area contributed by atoms with E-state index in [1.807, 2.05) is 13.8 Å². The molecule has 13 heavy (non-hydrogen) atoms. The van der Waals surface area contributed by atoms with Crippen LogP contribution in [0.4, 0.5) is 0 Å². The monoisotopic (exact) mass is 220 g/mol. The molecule has 2 atom stereocenters. The molecular formula is C10H14Cl2O. The maximum absolute atomic E-state index is 5.84. The second-order valence-electron chi connectivity index (χ2n) is 3.58. The molecule has 0 aromatic carbocycles. The summed E-state index contributed by atoms with van der Waals surface area (Å²) in [6, 6.07) is 0. The first-order valence-electron chi connectivity index (χ1n) is 4.39. The van der Waals surface area contributed by atoms with E-state index in [1.165, 1.54) is 0 Å². The minimum atomic E-state index is -0.602. The van der Waals surface area contributed by atoms with Crippen molar-refractivity contribution in [1.82, 2.24) is 0 Å². The van der Waals surface area contributed by atoms with Crippen molar-refractivity contribution >= 4 is 23.2 Å². The van der Waals surface area contributed by atoms with E-state index in [2.05, 4.69) is 11.8 Å². The minimum absolute atomic E-state index is 0.122. The van der Waals surface area contributed by atoms with Gasteiger partial charge in [0.2, 0.25) is 0 Å². The Morgan fingerprint density at radius 2 is 2.15 bits per heavy atom. The molecule has 1 aliphatic carbocycles. The normalized spacial score (nSPS) is 28.5. The first-order chi connectivity index (χ1) is 5.93. The van der Waals surface area contributed by atoms with Gasteiger partial charge in [0.25, 0.3) is 0 Å². The van der Waals surface area contributed by atoms with Crippen LogP contribution in [0.2, 0.25) is 0 Å². The summed E-state index contributed by atoms with van der Waals surface area (Å²) >= 11 is 11.7. The molecule has 0 amide bonds. The third-order valence-electron chi connectivity index (χ3n) is 2.46. The Morgan fingerprint density at radius 3 is 2.46 bits per heavy atom. The summed E-state index contributed by atoms with van der Waals surface area (Å²) < 4.78 is 4.67. The lowest BCUT2D eigenvalue weighted by Crippen LogP contribution is -2.23. The third-order valence-corrected chi connectivity index (χ3v) is 3.30. The number of ether oxygens (including phenoxy) is 1. The van der Waals surface area contributed by atoms with Gasteiger partial charge in [-0.15, -0.1) is 23.2 Å². The van der Waals surface area contributed by atoms with E-state index in [4.69, 9.17) is 27.9 Å². The first kappa shape index (κ1) is 11.2. The second kappa shape index (κ2) is 3.69. The highest BCUT2D eigenvalue weighted by molar-refractivity contribution is 6.51. The second-order valence-corrected chi connectivity index (χ2v) is 5.12. The summed E-state index contributed by atoms with van der Waals surface area (Å²) in [5, 5.41) is 0. The Labute approximate surface area is 89.7 Å². The van der Waals surface area contributed by atoms with Gasteiger partial charge in [-0.2, -0.15) is 0 Å². The lowest BCUT2D eigenvalue weighted by Gasteiger charge is -2.19. The molecule has 3 heteroatoms. The minimum Gasteiger partial charge on any atom is -0.366 e. The van der Waals surface area contributed by atoms with Crippen molar-refractivity contribution in [1.29, 1.82) is 0 Å². The van der Waals surface area contributed by atoms with Crippen LogP contribution in [0, 0.1) is 17.8 Å². The number of rotatable bonds is 2. The predicted molar refractivity (Wildman–Crippen MR) is 56.0 cm³/mol. The van der Waals surface area contributed by atoms with Crippen LogP contribution in [0.3, 0.4) is 0 Å². The van der Waals surface area contributed by atoms with Crippen LogP contribution >= 0.6 is 23.2 Å². The third kappa shape index (κ3) is 2.77. The van der Waals surface area contributed by atoms with Gasteiger partial charge in [-0.05, 0) is 19.8 Å². The molecule has 0 N–H and O–H groups in total. The highest BCUT2D eigenvalue weighted by Crippen LogP contribution is 2.52. The number of halogens is 2. The highest BCUT2D eigenvalue weighted by Gasteiger charge is 2.51. The SMILES string of the molecule is CCC(C)(C#CC1CC1(Cl)Cl)OC. The van der Waals surface area contributed by atoms with Crippen LogP contribution in [0.25, 0.3) is 0 Å². The summed E-state index contributed by atoms with van der Waals surface area (Å²) in [6.45, 7) is 4.01. The predicted octanol–water partition coefficient (Wildman–Crippen LogP) is 3.00. The molecule has 2 unspecified atom stereocenters. The molecule has 0 aliphatic heterocycles. The molecule has 74 valence electrons. The molecule has 0 heterocycles. The molecule has 1 nitrogen and oxygen atoms in total. The maximum Gasteiger partial charge on any atom is 0.133 e. The van der Waals surface area contributed by atoms with Gasteiger partial charge in [-0.3, -0.25) is 0 Å². The average molecular weight is 221 g/mol. The first-order valence-corrected chi connectivity index (χ1v) is 5.15. The van der Waals surface area contributed by atoms with Crippen LogP contribution in [0.1, 0.15) is 26.7 Å². The molecule has 1 aliphatic rings. The van der Waals surface area contributed by atoms with Gasteiger partial charge in [0.15, 0.2) is 0 Å². The molecule has 0 aromatic heterocycles. The van der Waals surface area contributed by atoms with E-state index in [1.54, 1.807) is 7.11 Å². The van der Waals surface area contributed by atoms with Crippen molar-refractivity contribution in [2.24, 2.45) is 5.92 Å². The largest absolute Gasteiger partial charge is 0.366 e. The van der Waals surface area contributed by atoms with Crippen LogP contribution in [-0.4, -0.2) is 17.0 Å². The van der Waals surface area contributed by atoms with E-state index in [0.29, 0.717) is 0 Å². The van der Waals surface area contributed by atoms with Crippen molar-refractivity contribution in [2.75, 3.05) is 7.11 Å². The standard InChI is InChI=1S/C10H14Cl2O/c1-4-9(2,13-3)6-5-8-7-10(8,11)12/h8H,4,7H2,1-3H3. The van der Waals surface area contributed by atoms with Gasteiger partial charge in [0.05, 0.1) is 5.92 Å². The molecule has 0 saturated heterocycles. The highest BCUT2D eigenvalue weighted by atomic mass is 35.5. The molecule has 0 aromatic rings. The smallest absolute Gasteiger partial charge is 0.133 e. The van der Waals surface area contributed by atoms with Crippen molar-refractivity contribution in [3.05, 3.63) is 0 Å². The Bertz CT molecular complexity index is 245. The van der Waals surface area contributed by atoms with Crippen LogP contribution < -0.4 is 0 Å². The lowest BCUT2D eigenvalue weighted by molar-refractivity contribution is 0.0541. The summed E-state index contributed by atoms with van der Waals surface area (Å²) in [6.07, 6.45) is 1.63. The van der Waals surface area contributed by atoms with Crippen molar-refractivity contribution in [2.45, 2.75) is 36.6 Å². The summed E-state index contributed by atoms with van der Waals surface area (Å²) in [7, 11) is 1.67. The number of alkyl halides is 2. The van der Waals surface area contributed by atoms with Gasteiger partial charge in [0.1, 0.15) is 9.93 Å². The molecule has 1 saturated carbocycles. The lowest BCUT2D eigenvalue weighted by atomic mass is 10.0. The Balaban J connectivity index is 2.56. The zero-order chi connectivity index (χ0) is 10.1. The molecular weight excluding hydrogens is 207 g/mol. The molecule has 0 radical (unpaired) electrons. The fourth-order valence-electron chi connectivity index (χ4n) is 0.893. The number of hydrogen-bond donors (Lipinski definition) is 0. The van der Waals surface area contributed by atoms with E-state index < -0.39 is 4.33 Å². The fraction of sp³-hybridized carbons (Fsp3) is 0.800. The summed E-state index contributed by atoms with van der Waals surface area (Å²) in [4.78, 5) is 0. The fourth-order valence-corrected chi connectivity index (χ4v) is 1.31. The molecule has 0 spiro atoms. The van der Waals surface area contributed by atoms with Gasteiger partial charge in [-0.1, -0.05) is 18.8 Å². The Morgan fingerprint density at radius 1 is 1.62 bits per heavy atom. The zero-order valence-corrected chi connectivity index (χ0v) is 9.67. The summed E-state index contributed by atoms with van der Waals surface area (Å²) in [5.74, 6) is 6.24. The number of methoxy groups -OCH3 is 1. The topological polar surface area (TPSA) is 9.23 Å². The van der Waals surface area contributed by atoms with E-state index in [9.17, 15) is 0 Å². The van der Waals surface area contributed by atoms with Gasteiger partial charge < -0.3 is 4.74 Å². The summed E-state index contributed by atoms with van der Waals surface area (Å²) in [5.41, 5.74) is -0.355. The van der Waals surface area contributed by atoms with Crippen molar-refractivity contribution < 1.29 is 4.74 Å². The Hall–Kier alpha value is 0.1000. The van der Waals surface area contributed by atoms with Crippen LogP contribution in [0.15, 0.2) is 0 Å². The maximum atomic E-state index is 5.84. The van der Waals surface area contributed by atoms with Crippen molar-refractivity contribution in [3.8, 4) is 11.8 Å². The quantitative estimate of drug-likeness (QED) is 0.514. The van der Waals surface area contributed by atoms with Gasteiger partial charge >= 0.3 is 0 Å². The van der Waals surface area contributed by atoms with Crippen LogP contribution in [-0.2, 0) is 4.74 Å². The van der Waals surface area contributed by atoms with Gasteiger partial charge in [-0.25, -0.2) is 0 Å². The average Bonchev–Trinajstić information content (AvgIpc) is 2.70. The van der Waals surface area contributed by atoms with E-state index in [-0.39, 0.29) is 11.5 Å². The van der Waals surface area contributed by atoms with Crippen LogP contribution in [0.5, 0.6) is 0 Å². The zero-order valence-electron chi connectivity index (χ0n) is 8.16. The van der Waals surface area contributed by atoms with E-state index in [0.717, 1.165) is 12.8 Å². The molecule has 1 rings (SSSR count). The van der Waals surface area contributed by atoms with Gasteiger partial charge in [0, 0.05) is 7.11 Å². The van der Waals surface area contributed by atoms with E-state index >= 15 is 0 Å². The molecule has 1 fully saturated rings. The number of hydrogen-bond acceptors (Lipinski definition) is 1. The van der Waals surface area contributed by atoms with Crippen molar-refractivity contribution in [3.63, 3.8) is 0 Å².